The first kappa shape index (κ1) is 15.2. The predicted molar refractivity (Wildman–Crippen MR) is 72.2 cm³/mol. The summed E-state index contributed by atoms with van der Waals surface area (Å²) in [6, 6.07) is -0.509. The van der Waals surface area contributed by atoms with E-state index in [0.29, 0.717) is 26.4 Å². The van der Waals surface area contributed by atoms with Crippen molar-refractivity contribution in [3.63, 3.8) is 0 Å². The van der Waals surface area contributed by atoms with E-state index >= 15 is 0 Å². The topological polar surface area (TPSA) is 79.9 Å². The maximum absolute atomic E-state index is 12.7. The summed E-state index contributed by atoms with van der Waals surface area (Å²) >= 11 is 0. The Hall–Kier alpha value is -1.18. The molecule has 2 aliphatic rings. The van der Waals surface area contributed by atoms with Crippen molar-refractivity contribution < 1.29 is 19.1 Å². The molecule has 2 rings (SSSR count). The molecule has 20 heavy (non-hydrogen) atoms. The number of carbonyl (C=O) groups excluding carboxylic acids is 2. The Morgan fingerprint density at radius 3 is 2.75 bits per heavy atom. The summed E-state index contributed by atoms with van der Waals surface area (Å²) in [6.45, 7) is 4.92. The van der Waals surface area contributed by atoms with Gasteiger partial charge in [0.15, 0.2) is 0 Å². The van der Waals surface area contributed by atoms with Gasteiger partial charge in [0, 0.05) is 19.6 Å². The molecule has 0 aromatic rings. The van der Waals surface area contributed by atoms with Crippen LogP contribution in [0.1, 0.15) is 6.92 Å². The standard InChI is InChI=1S/C13H23N3O4/c1-3-15-10-7-20-6-9(10)13(18)16-4-5-19-8-11(16)12(17)14-2/h9-11,15H,3-8H2,1-2H3,(H,14,17). The molecule has 3 atom stereocenters. The Bertz CT molecular complexity index is 364. The van der Waals surface area contributed by atoms with E-state index in [0.717, 1.165) is 6.54 Å². The number of carbonyl (C=O) groups is 2. The van der Waals surface area contributed by atoms with Crippen molar-refractivity contribution in [1.82, 2.24) is 15.5 Å². The van der Waals surface area contributed by atoms with Crippen LogP contribution in [0.2, 0.25) is 0 Å². The number of nitrogens with one attached hydrogen (secondary N) is 2. The van der Waals surface area contributed by atoms with Gasteiger partial charge in [0.05, 0.1) is 32.3 Å². The number of hydrogen-bond acceptors (Lipinski definition) is 5. The fourth-order valence-electron chi connectivity index (χ4n) is 2.73. The highest BCUT2D eigenvalue weighted by Gasteiger charge is 2.40. The fourth-order valence-corrected chi connectivity index (χ4v) is 2.73. The van der Waals surface area contributed by atoms with Gasteiger partial charge in [-0.3, -0.25) is 9.59 Å². The molecule has 7 heteroatoms. The Kier molecular flexibility index (Phi) is 5.33. The summed E-state index contributed by atoms with van der Waals surface area (Å²) in [5, 5.41) is 5.86. The smallest absolute Gasteiger partial charge is 0.244 e. The van der Waals surface area contributed by atoms with Crippen molar-refractivity contribution in [1.29, 1.82) is 0 Å². The molecular weight excluding hydrogens is 262 g/mol. The van der Waals surface area contributed by atoms with Gasteiger partial charge in [-0.2, -0.15) is 0 Å². The van der Waals surface area contributed by atoms with Crippen LogP contribution in [-0.4, -0.2) is 75.4 Å². The van der Waals surface area contributed by atoms with Gasteiger partial charge in [0.25, 0.3) is 0 Å². The van der Waals surface area contributed by atoms with E-state index in [1.165, 1.54) is 0 Å². The summed E-state index contributed by atoms with van der Waals surface area (Å²) in [5.41, 5.74) is 0. The number of likely N-dealkylation sites (N-methyl/N-ethyl adjacent to an activating group) is 2. The van der Waals surface area contributed by atoms with Gasteiger partial charge in [0.1, 0.15) is 6.04 Å². The summed E-state index contributed by atoms with van der Waals surface area (Å²) in [7, 11) is 1.57. The molecule has 3 unspecified atom stereocenters. The molecule has 7 nitrogen and oxygen atoms in total. The molecule has 2 N–H and O–H groups in total. The van der Waals surface area contributed by atoms with Crippen LogP contribution in [0.5, 0.6) is 0 Å². The van der Waals surface area contributed by atoms with Crippen LogP contribution >= 0.6 is 0 Å². The lowest BCUT2D eigenvalue weighted by Gasteiger charge is -2.36. The third-order valence-electron chi connectivity index (χ3n) is 3.82. The van der Waals surface area contributed by atoms with Crippen molar-refractivity contribution >= 4 is 11.8 Å². The zero-order valence-corrected chi connectivity index (χ0v) is 12.1. The second kappa shape index (κ2) is 7.01. The van der Waals surface area contributed by atoms with E-state index in [1.54, 1.807) is 11.9 Å². The van der Waals surface area contributed by atoms with Gasteiger partial charge < -0.3 is 25.0 Å². The molecule has 0 aromatic carbocycles. The van der Waals surface area contributed by atoms with Gasteiger partial charge in [-0.25, -0.2) is 0 Å². The number of amides is 2. The van der Waals surface area contributed by atoms with Crippen molar-refractivity contribution in [3.05, 3.63) is 0 Å². The summed E-state index contributed by atoms with van der Waals surface area (Å²) < 4.78 is 10.7. The van der Waals surface area contributed by atoms with Crippen LogP contribution in [0.15, 0.2) is 0 Å². The molecule has 0 radical (unpaired) electrons. The Morgan fingerprint density at radius 1 is 1.25 bits per heavy atom. The zero-order chi connectivity index (χ0) is 14.5. The highest BCUT2D eigenvalue weighted by molar-refractivity contribution is 5.89. The molecule has 0 aromatic heterocycles. The summed E-state index contributed by atoms with van der Waals surface area (Å²) in [4.78, 5) is 26.2. The summed E-state index contributed by atoms with van der Waals surface area (Å²) in [5.74, 6) is -0.428. The molecular formula is C13H23N3O4. The molecule has 0 bridgehead atoms. The second-order valence-corrected chi connectivity index (χ2v) is 5.04. The van der Waals surface area contributed by atoms with Crippen LogP contribution in [0.3, 0.4) is 0 Å². The van der Waals surface area contributed by atoms with Crippen molar-refractivity contribution in [2.75, 3.05) is 46.6 Å². The van der Waals surface area contributed by atoms with E-state index in [2.05, 4.69) is 10.6 Å². The zero-order valence-electron chi connectivity index (χ0n) is 12.1. The largest absolute Gasteiger partial charge is 0.379 e. The number of nitrogens with zero attached hydrogens (tertiary/aromatic N) is 1. The maximum Gasteiger partial charge on any atom is 0.244 e. The van der Waals surface area contributed by atoms with Gasteiger partial charge in [0.2, 0.25) is 11.8 Å². The molecule has 114 valence electrons. The number of morpholine rings is 1. The lowest BCUT2D eigenvalue weighted by Crippen LogP contribution is -2.58. The maximum atomic E-state index is 12.7. The van der Waals surface area contributed by atoms with E-state index in [1.807, 2.05) is 6.92 Å². The van der Waals surface area contributed by atoms with Crippen molar-refractivity contribution in [2.24, 2.45) is 5.92 Å². The van der Waals surface area contributed by atoms with Crippen molar-refractivity contribution in [3.8, 4) is 0 Å². The second-order valence-electron chi connectivity index (χ2n) is 5.04. The van der Waals surface area contributed by atoms with E-state index in [-0.39, 0.29) is 30.4 Å². The minimum Gasteiger partial charge on any atom is -0.379 e. The molecule has 2 heterocycles. The quantitative estimate of drug-likeness (QED) is 0.663. The highest BCUT2D eigenvalue weighted by Crippen LogP contribution is 2.20. The first-order chi connectivity index (χ1) is 9.69. The molecule has 2 fully saturated rings. The molecule has 0 aliphatic carbocycles. The van der Waals surface area contributed by atoms with E-state index < -0.39 is 6.04 Å². The molecule has 0 spiro atoms. The van der Waals surface area contributed by atoms with Gasteiger partial charge in [-0.15, -0.1) is 0 Å². The normalized spacial score (nSPS) is 30.3. The highest BCUT2D eigenvalue weighted by atomic mass is 16.5. The lowest BCUT2D eigenvalue weighted by molar-refractivity contribution is -0.151. The van der Waals surface area contributed by atoms with Crippen LogP contribution in [0.4, 0.5) is 0 Å². The number of rotatable bonds is 4. The van der Waals surface area contributed by atoms with Crippen LogP contribution in [0.25, 0.3) is 0 Å². The first-order valence-corrected chi connectivity index (χ1v) is 7.10. The SMILES string of the molecule is CCNC1COCC1C(=O)N1CCOCC1C(=O)NC. The minimum absolute atomic E-state index is 0.0228. The first-order valence-electron chi connectivity index (χ1n) is 7.10. The van der Waals surface area contributed by atoms with Crippen LogP contribution < -0.4 is 10.6 Å². The van der Waals surface area contributed by atoms with Crippen molar-refractivity contribution in [2.45, 2.75) is 19.0 Å². The third-order valence-corrected chi connectivity index (χ3v) is 3.82. The van der Waals surface area contributed by atoms with Crippen LogP contribution in [0, 0.1) is 5.92 Å². The van der Waals surface area contributed by atoms with E-state index in [9.17, 15) is 9.59 Å². The van der Waals surface area contributed by atoms with Gasteiger partial charge in [-0.05, 0) is 6.54 Å². The Morgan fingerprint density at radius 2 is 2.05 bits per heavy atom. The molecule has 0 saturated carbocycles. The number of hydrogen-bond donors (Lipinski definition) is 2. The lowest BCUT2D eigenvalue weighted by atomic mass is 10.0. The molecule has 2 aliphatic heterocycles. The minimum atomic E-state index is -0.538. The van der Waals surface area contributed by atoms with Gasteiger partial charge >= 0.3 is 0 Å². The monoisotopic (exact) mass is 285 g/mol. The molecule has 2 saturated heterocycles. The van der Waals surface area contributed by atoms with Crippen LogP contribution in [-0.2, 0) is 19.1 Å². The van der Waals surface area contributed by atoms with Gasteiger partial charge in [-0.1, -0.05) is 6.92 Å². The average molecular weight is 285 g/mol. The predicted octanol–water partition coefficient (Wildman–Crippen LogP) is -1.42. The summed E-state index contributed by atoms with van der Waals surface area (Å²) in [6.07, 6.45) is 0. The third kappa shape index (κ3) is 3.11. The van der Waals surface area contributed by atoms with E-state index in [4.69, 9.17) is 9.47 Å². The molecule has 2 amide bonds. The Labute approximate surface area is 119 Å². The Balaban J connectivity index is 2.07. The average Bonchev–Trinajstić information content (AvgIpc) is 2.94. The fraction of sp³-hybridized carbons (Fsp3) is 0.846. The number of ether oxygens (including phenoxy) is 2.